The third-order valence-electron chi connectivity index (χ3n) is 3.69. The van der Waals surface area contributed by atoms with Gasteiger partial charge in [0.2, 0.25) is 0 Å². The number of esters is 1. The Balaban J connectivity index is 2.42. The van der Waals surface area contributed by atoms with Crippen LogP contribution in [0.25, 0.3) is 11.3 Å². The van der Waals surface area contributed by atoms with Gasteiger partial charge in [0.15, 0.2) is 11.5 Å². The smallest absolute Gasteiger partial charge is 0.306 e. The summed E-state index contributed by atoms with van der Waals surface area (Å²) in [6.07, 6.45) is -0.354. The van der Waals surface area contributed by atoms with Crippen molar-refractivity contribution in [3.63, 3.8) is 0 Å². The highest BCUT2D eigenvalue weighted by Gasteiger charge is 2.21. The maximum absolute atomic E-state index is 12.4. The van der Waals surface area contributed by atoms with E-state index in [0.29, 0.717) is 16.3 Å². The molecule has 1 N–H and O–H groups in total. The van der Waals surface area contributed by atoms with Crippen molar-refractivity contribution in [2.75, 3.05) is 13.7 Å². The maximum Gasteiger partial charge on any atom is 0.306 e. The molecule has 0 saturated heterocycles. The Hall–Kier alpha value is -3.11. The highest BCUT2D eigenvalue weighted by Crippen LogP contribution is 2.33. The predicted octanol–water partition coefficient (Wildman–Crippen LogP) is 3.51. The predicted molar refractivity (Wildman–Crippen MR) is 97.8 cm³/mol. The second kappa shape index (κ2) is 9.01. The van der Waals surface area contributed by atoms with Crippen LogP contribution in [0.4, 0.5) is 0 Å². The molecular weight excluding hydrogens is 372 g/mol. The van der Waals surface area contributed by atoms with Gasteiger partial charge in [-0.2, -0.15) is 5.26 Å². The van der Waals surface area contributed by atoms with Crippen molar-refractivity contribution in [1.29, 1.82) is 5.26 Å². The molecule has 1 aromatic carbocycles. The van der Waals surface area contributed by atoms with Gasteiger partial charge < -0.3 is 14.6 Å². The van der Waals surface area contributed by atoms with Crippen molar-refractivity contribution in [3.8, 4) is 28.8 Å². The molecule has 8 heteroatoms. The Morgan fingerprint density at radius 2 is 2.04 bits per heavy atom. The largest absolute Gasteiger partial charge is 0.504 e. The van der Waals surface area contributed by atoms with Crippen molar-refractivity contribution >= 4 is 23.4 Å². The number of aromatic hydroxyl groups is 1. The lowest BCUT2D eigenvalue weighted by molar-refractivity contribution is -0.143. The van der Waals surface area contributed by atoms with Crippen molar-refractivity contribution < 1.29 is 24.2 Å². The van der Waals surface area contributed by atoms with E-state index in [1.807, 2.05) is 6.07 Å². The summed E-state index contributed by atoms with van der Waals surface area (Å²) < 4.78 is 9.87. The van der Waals surface area contributed by atoms with Crippen LogP contribution in [0, 0.1) is 11.3 Å². The Labute approximate surface area is 161 Å². The van der Waals surface area contributed by atoms with Gasteiger partial charge in [0, 0.05) is 12.0 Å². The topological polar surface area (TPSA) is 110 Å². The number of benzene rings is 1. The zero-order chi connectivity index (χ0) is 20.0. The molecule has 1 aromatic heterocycles. The number of nitriles is 1. The van der Waals surface area contributed by atoms with Gasteiger partial charge in [0.25, 0.3) is 0 Å². The number of aromatic nitrogens is 1. The molecule has 0 bridgehead atoms. The minimum atomic E-state index is -0.580. The van der Waals surface area contributed by atoms with Gasteiger partial charge in [-0.25, -0.2) is 4.98 Å². The molecule has 0 fully saturated rings. The average Bonchev–Trinajstić information content (AvgIpc) is 2.66. The lowest BCUT2D eigenvalue weighted by Crippen LogP contribution is -2.10. The number of nitrogens with zero attached hydrogens (tertiary/aromatic N) is 2. The molecular formula is C19H17ClN2O5. The van der Waals surface area contributed by atoms with Gasteiger partial charge in [-0.3, -0.25) is 9.59 Å². The number of carbonyl (C=O) groups is 2. The van der Waals surface area contributed by atoms with Crippen LogP contribution in [-0.4, -0.2) is 35.6 Å². The lowest BCUT2D eigenvalue weighted by Gasteiger charge is -2.10. The molecule has 7 nitrogen and oxygen atoms in total. The maximum atomic E-state index is 12.4. The summed E-state index contributed by atoms with van der Waals surface area (Å²) in [6, 6.07) is 8.02. The van der Waals surface area contributed by atoms with Gasteiger partial charge in [-0.05, 0) is 31.2 Å². The first kappa shape index (κ1) is 20.2. The zero-order valence-electron chi connectivity index (χ0n) is 14.8. The van der Waals surface area contributed by atoms with Crippen molar-refractivity contribution in [3.05, 3.63) is 40.5 Å². The number of methoxy groups -OCH3 is 1. The van der Waals surface area contributed by atoms with Crippen molar-refractivity contribution in [2.45, 2.75) is 19.8 Å². The number of ketones is 1. The highest BCUT2D eigenvalue weighted by atomic mass is 35.5. The van der Waals surface area contributed by atoms with Crippen LogP contribution >= 0.6 is 11.6 Å². The molecule has 0 saturated carbocycles. The van der Waals surface area contributed by atoms with E-state index in [1.165, 1.54) is 13.2 Å². The lowest BCUT2D eigenvalue weighted by atomic mass is 10.0. The first-order valence-corrected chi connectivity index (χ1v) is 8.45. The van der Waals surface area contributed by atoms with E-state index in [1.54, 1.807) is 25.1 Å². The fourth-order valence-corrected chi connectivity index (χ4v) is 2.62. The standard InChI is InChI=1S/C19H17ClN2O5/c1-3-27-17(24)7-6-16(23)18-19(25)11(10-21)8-15(22-18)13-5-4-12(26-2)9-14(13)20/h4-5,8-9,25H,3,6-7H2,1-2H3. The van der Waals surface area contributed by atoms with Crippen LogP contribution in [0.1, 0.15) is 35.8 Å². The molecule has 2 rings (SSSR count). The Kier molecular flexibility index (Phi) is 6.74. The summed E-state index contributed by atoms with van der Waals surface area (Å²) >= 11 is 6.24. The summed E-state index contributed by atoms with van der Waals surface area (Å²) in [7, 11) is 1.50. The fourth-order valence-electron chi connectivity index (χ4n) is 2.35. The van der Waals surface area contributed by atoms with Crippen LogP contribution < -0.4 is 4.74 Å². The van der Waals surface area contributed by atoms with Gasteiger partial charge in [-0.1, -0.05) is 11.6 Å². The number of ether oxygens (including phenoxy) is 2. The average molecular weight is 389 g/mol. The van der Waals surface area contributed by atoms with E-state index < -0.39 is 17.5 Å². The molecule has 0 aliphatic heterocycles. The molecule has 0 unspecified atom stereocenters. The quantitative estimate of drug-likeness (QED) is 0.570. The highest BCUT2D eigenvalue weighted by molar-refractivity contribution is 6.33. The summed E-state index contributed by atoms with van der Waals surface area (Å²) in [6.45, 7) is 1.87. The van der Waals surface area contributed by atoms with E-state index in [0.717, 1.165) is 0 Å². The molecule has 0 aliphatic carbocycles. The minimum absolute atomic E-state index is 0.119. The second-order valence-electron chi connectivity index (χ2n) is 5.44. The van der Waals surface area contributed by atoms with Gasteiger partial charge in [0.1, 0.15) is 17.5 Å². The van der Waals surface area contributed by atoms with Crippen molar-refractivity contribution in [1.82, 2.24) is 4.98 Å². The van der Waals surface area contributed by atoms with Crippen LogP contribution in [0.15, 0.2) is 24.3 Å². The van der Waals surface area contributed by atoms with Gasteiger partial charge in [-0.15, -0.1) is 0 Å². The summed E-state index contributed by atoms with van der Waals surface area (Å²) in [5.74, 6) is -1.10. The third-order valence-corrected chi connectivity index (χ3v) is 4.00. The first-order valence-electron chi connectivity index (χ1n) is 8.08. The van der Waals surface area contributed by atoms with E-state index in [-0.39, 0.29) is 36.4 Å². The van der Waals surface area contributed by atoms with Gasteiger partial charge in [0.05, 0.1) is 36.4 Å². The van der Waals surface area contributed by atoms with Crippen LogP contribution in [0.2, 0.25) is 5.02 Å². The Morgan fingerprint density at radius 1 is 1.30 bits per heavy atom. The molecule has 27 heavy (non-hydrogen) atoms. The molecule has 0 atom stereocenters. The molecule has 0 aliphatic rings. The van der Waals surface area contributed by atoms with Crippen molar-refractivity contribution in [2.24, 2.45) is 0 Å². The van der Waals surface area contributed by atoms with E-state index in [4.69, 9.17) is 21.1 Å². The van der Waals surface area contributed by atoms with Crippen LogP contribution in [-0.2, 0) is 9.53 Å². The number of halogens is 1. The Bertz CT molecular complexity index is 921. The molecule has 140 valence electrons. The molecule has 1 heterocycles. The van der Waals surface area contributed by atoms with E-state index >= 15 is 0 Å². The van der Waals surface area contributed by atoms with E-state index in [2.05, 4.69) is 4.98 Å². The first-order chi connectivity index (χ1) is 12.9. The number of Topliss-reactive ketones (excluding diaryl/α,β-unsaturated/α-hetero) is 1. The summed E-state index contributed by atoms with van der Waals surface area (Å²) in [5, 5.41) is 19.7. The monoisotopic (exact) mass is 388 g/mol. The molecule has 2 aromatic rings. The van der Waals surface area contributed by atoms with Crippen LogP contribution in [0.3, 0.4) is 0 Å². The summed E-state index contributed by atoms with van der Waals surface area (Å²) in [5.41, 5.74) is 0.302. The molecule has 0 radical (unpaired) electrons. The fraction of sp³-hybridized carbons (Fsp3) is 0.263. The number of carbonyl (C=O) groups excluding carboxylic acids is 2. The number of rotatable bonds is 7. The van der Waals surface area contributed by atoms with Gasteiger partial charge >= 0.3 is 5.97 Å². The minimum Gasteiger partial charge on any atom is -0.504 e. The molecule has 0 amide bonds. The number of hydrogen-bond acceptors (Lipinski definition) is 7. The van der Waals surface area contributed by atoms with Crippen LogP contribution in [0.5, 0.6) is 11.5 Å². The summed E-state index contributed by atoms with van der Waals surface area (Å²) in [4.78, 5) is 28.0. The molecule has 0 spiro atoms. The number of hydrogen-bond donors (Lipinski definition) is 1. The normalized spacial score (nSPS) is 10.1. The third kappa shape index (κ3) is 4.74. The second-order valence-corrected chi connectivity index (χ2v) is 5.85. The SMILES string of the molecule is CCOC(=O)CCC(=O)c1nc(-c2ccc(OC)cc2Cl)cc(C#N)c1O. The zero-order valence-corrected chi connectivity index (χ0v) is 15.5. The number of pyridine rings is 1. The Morgan fingerprint density at radius 3 is 2.63 bits per heavy atom. The van der Waals surface area contributed by atoms with E-state index in [9.17, 15) is 20.0 Å².